The van der Waals surface area contributed by atoms with Gasteiger partial charge in [-0.1, -0.05) is 42.1 Å². The van der Waals surface area contributed by atoms with Gasteiger partial charge in [0, 0.05) is 16.3 Å². The first-order valence-electron chi connectivity index (χ1n) is 6.84. The molecule has 0 heterocycles. The second-order valence-electron chi connectivity index (χ2n) is 4.75. The van der Waals surface area contributed by atoms with Gasteiger partial charge < -0.3 is 10.5 Å². The van der Waals surface area contributed by atoms with Crippen molar-refractivity contribution in [1.29, 1.82) is 0 Å². The summed E-state index contributed by atoms with van der Waals surface area (Å²) in [7, 11) is 1.68. The third-order valence-electron chi connectivity index (χ3n) is 3.48. The molecule has 0 fully saturated rings. The molecule has 3 aromatic rings. The SMILES string of the molecule is COc1ccc(Sc2ccc(CN)c3ccccc23)cc1. The van der Waals surface area contributed by atoms with Crippen molar-refractivity contribution >= 4 is 22.5 Å². The standard InChI is InChI=1S/C18H17NOS/c1-20-14-7-9-15(10-8-14)21-18-11-6-13(12-19)16-4-2-3-5-17(16)18/h2-11H,12,19H2,1H3. The Balaban J connectivity index is 2.00. The third-order valence-corrected chi connectivity index (χ3v) is 4.57. The largest absolute Gasteiger partial charge is 0.497 e. The number of methoxy groups -OCH3 is 1. The molecule has 21 heavy (non-hydrogen) atoms. The van der Waals surface area contributed by atoms with Crippen molar-refractivity contribution in [2.75, 3.05) is 7.11 Å². The summed E-state index contributed by atoms with van der Waals surface area (Å²) in [6, 6.07) is 20.8. The summed E-state index contributed by atoms with van der Waals surface area (Å²) in [5, 5.41) is 2.49. The minimum Gasteiger partial charge on any atom is -0.497 e. The maximum atomic E-state index is 5.83. The summed E-state index contributed by atoms with van der Waals surface area (Å²) < 4.78 is 5.20. The zero-order valence-electron chi connectivity index (χ0n) is 11.9. The molecule has 106 valence electrons. The van der Waals surface area contributed by atoms with E-state index in [0.29, 0.717) is 6.54 Å². The first-order chi connectivity index (χ1) is 10.3. The number of benzene rings is 3. The lowest BCUT2D eigenvalue weighted by molar-refractivity contribution is 0.414. The summed E-state index contributed by atoms with van der Waals surface area (Å²) in [6.45, 7) is 0.563. The van der Waals surface area contributed by atoms with Gasteiger partial charge in [-0.15, -0.1) is 0 Å². The second-order valence-corrected chi connectivity index (χ2v) is 5.87. The maximum Gasteiger partial charge on any atom is 0.118 e. The van der Waals surface area contributed by atoms with E-state index < -0.39 is 0 Å². The zero-order chi connectivity index (χ0) is 14.7. The number of hydrogen-bond donors (Lipinski definition) is 1. The fraction of sp³-hybridized carbons (Fsp3) is 0.111. The predicted molar refractivity (Wildman–Crippen MR) is 89.0 cm³/mol. The topological polar surface area (TPSA) is 35.2 Å². The van der Waals surface area contributed by atoms with Gasteiger partial charge >= 0.3 is 0 Å². The highest BCUT2D eigenvalue weighted by Gasteiger charge is 2.06. The number of ether oxygens (including phenoxy) is 1. The van der Waals surface area contributed by atoms with Crippen molar-refractivity contribution in [2.24, 2.45) is 5.73 Å². The van der Waals surface area contributed by atoms with Crippen LogP contribution in [0.25, 0.3) is 10.8 Å². The quantitative estimate of drug-likeness (QED) is 0.772. The smallest absolute Gasteiger partial charge is 0.118 e. The molecule has 0 radical (unpaired) electrons. The van der Waals surface area contributed by atoms with E-state index in [9.17, 15) is 0 Å². The summed E-state index contributed by atoms with van der Waals surface area (Å²) in [5.41, 5.74) is 7.01. The molecule has 0 aliphatic rings. The van der Waals surface area contributed by atoms with E-state index in [1.807, 2.05) is 12.1 Å². The third kappa shape index (κ3) is 2.89. The minimum atomic E-state index is 0.563. The highest BCUT2D eigenvalue weighted by atomic mass is 32.2. The molecule has 0 aliphatic heterocycles. The van der Waals surface area contributed by atoms with Crippen molar-refractivity contribution in [3.63, 3.8) is 0 Å². The molecular formula is C18H17NOS. The maximum absolute atomic E-state index is 5.83. The van der Waals surface area contributed by atoms with Gasteiger partial charge in [-0.05, 0) is 46.7 Å². The van der Waals surface area contributed by atoms with Crippen LogP contribution in [0.4, 0.5) is 0 Å². The van der Waals surface area contributed by atoms with Crippen LogP contribution in [0.3, 0.4) is 0 Å². The Morgan fingerprint density at radius 2 is 1.62 bits per heavy atom. The van der Waals surface area contributed by atoms with Crippen LogP contribution in [0, 0.1) is 0 Å². The number of fused-ring (bicyclic) bond motifs is 1. The molecule has 0 aromatic heterocycles. The van der Waals surface area contributed by atoms with E-state index in [0.717, 1.165) is 5.75 Å². The van der Waals surface area contributed by atoms with Crippen molar-refractivity contribution in [3.05, 3.63) is 66.2 Å². The first-order valence-corrected chi connectivity index (χ1v) is 7.66. The van der Waals surface area contributed by atoms with Crippen LogP contribution in [0.5, 0.6) is 5.75 Å². The fourth-order valence-corrected chi connectivity index (χ4v) is 3.32. The second kappa shape index (κ2) is 6.20. The van der Waals surface area contributed by atoms with Crippen LogP contribution in [-0.2, 0) is 6.54 Å². The zero-order valence-corrected chi connectivity index (χ0v) is 12.7. The molecule has 3 heteroatoms. The summed E-state index contributed by atoms with van der Waals surface area (Å²) >= 11 is 1.76. The Hall–Kier alpha value is -1.97. The van der Waals surface area contributed by atoms with Crippen LogP contribution < -0.4 is 10.5 Å². The molecule has 0 aliphatic carbocycles. The van der Waals surface area contributed by atoms with Gasteiger partial charge in [0.15, 0.2) is 0 Å². The summed E-state index contributed by atoms with van der Waals surface area (Å²) in [6.07, 6.45) is 0. The van der Waals surface area contributed by atoms with Gasteiger partial charge in [0.05, 0.1) is 7.11 Å². The normalized spacial score (nSPS) is 10.8. The molecule has 0 unspecified atom stereocenters. The predicted octanol–water partition coefficient (Wildman–Crippen LogP) is 4.46. The lowest BCUT2D eigenvalue weighted by Gasteiger charge is -2.10. The fourth-order valence-electron chi connectivity index (χ4n) is 2.37. The van der Waals surface area contributed by atoms with Gasteiger partial charge in [-0.25, -0.2) is 0 Å². The molecule has 0 atom stereocenters. The summed E-state index contributed by atoms with van der Waals surface area (Å²) in [4.78, 5) is 2.44. The van der Waals surface area contributed by atoms with Gasteiger partial charge in [0.25, 0.3) is 0 Å². The monoisotopic (exact) mass is 295 g/mol. The number of rotatable bonds is 4. The molecule has 3 aromatic carbocycles. The Morgan fingerprint density at radius 3 is 2.29 bits per heavy atom. The first kappa shape index (κ1) is 14.0. The van der Waals surface area contributed by atoms with Crippen molar-refractivity contribution < 1.29 is 4.74 Å². The lowest BCUT2D eigenvalue weighted by atomic mass is 10.0. The molecule has 0 saturated carbocycles. The van der Waals surface area contributed by atoms with Gasteiger partial charge in [-0.3, -0.25) is 0 Å². The minimum absolute atomic E-state index is 0.563. The van der Waals surface area contributed by atoms with E-state index in [4.69, 9.17) is 10.5 Å². The number of hydrogen-bond acceptors (Lipinski definition) is 3. The molecular weight excluding hydrogens is 278 g/mol. The van der Waals surface area contributed by atoms with Gasteiger partial charge in [0.1, 0.15) is 5.75 Å². The van der Waals surface area contributed by atoms with E-state index in [-0.39, 0.29) is 0 Å². The molecule has 0 amide bonds. The Morgan fingerprint density at radius 1 is 0.905 bits per heavy atom. The number of nitrogens with two attached hydrogens (primary N) is 1. The van der Waals surface area contributed by atoms with E-state index >= 15 is 0 Å². The van der Waals surface area contributed by atoms with E-state index in [1.54, 1.807) is 18.9 Å². The molecule has 0 bridgehead atoms. The van der Waals surface area contributed by atoms with Gasteiger partial charge in [-0.2, -0.15) is 0 Å². The van der Waals surface area contributed by atoms with Crippen molar-refractivity contribution in [3.8, 4) is 5.75 Å². The van der Waals surface area contributed by atoms with E-state index in [1.165, 1.54) is 26.1 Å². The Kier molecular flexibility index (Phi) is 4.13. The van der Waals surface area contributed by atoms with Gasteiger partial charge in [0.2, 0.25) is 0 Å². The summed E-state index contributed by atoms with van der Waals surface area (Å²) in [5.74, 6) is 0.877. The van der Waals surface area contributed by atoms with Crippen LogP contribution in [0.2, 0.25) is 0 Å². The van der Waals surface area contributed by atoms with Crippen LogP contribution in [0.1, 0.15) is 5.56 Å². The highest BCUT2D eigenvalue weighted by Crippen LogP contribution is 2.35. The van der Waals surface area contributed by atoms with Crippen LogP contribution in [0.15, 0.2) is 70.5 Å². The average Bonchev–Trinajstić information content (AvgIpc) is 2.56. The molecule has 0 saturated heterocycles. The highest BCUT2D eigenvalue weighted by molar-refractivity contribution is 7.99. The molecule has 2 nitrogen and oxygen atoms in total. The Labute approximate surface area is 128 Å². The van der Waals surface area contributed by atoms with Crippen LogP contribution in [-0.4, -0.2) is 7.11 Å². The molecule has 0 spiro atoms. The van der Waals surface area contributed by atoms with E-state index in [2.05, 4.69) is 48.5 Å². The van der Waals surface area contributed by atoms with Crippen molar-refractivity contribution in [1.82, 2.24) is 0 Å². The molecule has 2 N–H and O–H groups in total. The van der Waals surface area contributed by atoms with Crippen LogP contribution >= 0.6 is 11.8 Å². The van der Waals surface area contributed by atoms with Crippen molar-refractivity contribution in [2.45, 2.75) is 16.3 Å². The Bertz CT molecular complexity index is 753. The molecule has 3 rings (SSSR count). The lowest BCUT2D eigenvalue weighted by Crippen LogP contribution is -1.97. The average molecular weight is 295 g/mol.